The van der Waals surface area contributed by atoms with Gasteiger partial charge < -0.3 is 10.2 Å². The summed E-state index contributed by atoms with van der Waals surface area (Å²) in [5.41, 5.74) is 8.43. The first-order chi connectivity index (χ1) is 16.3. The van der Waals surface area contributed by atoms with Crippen molar-refractivity contribution in [3.63, 3.8) is 0 Å². The predicted molar refractivity (Wildman–Crippen MR) is 140 cm³/mol. The zero-order valence-electron chi connectivity index (χ0n) is 17.9. The smallest absolute Gasteiger partial charge is 0.174 e. The van der Waals surface area contributed by atoms with Gasteiger partial charge in [0, 0.05) is 23.5 Å². The van der Waals surface area contributed by atoms with Crippen LogP contribution in [0.5, 0.6) is 0 Å². The van der Waals surface area contributed by atoms with Gasteiger partial charge in [0.2, 0.25) is 0 Å². The molecule has 0 saturated heterocycles. The number of hydrogen-bond donors (Lipinski definition) is 1. The Morgan fingerprint density at radius 1 is 0.909 bits per heavy atom. The number of thioether (sulfide) groups is 1. The SMILES string of the molecule is Clc1ccc(C2=CSC3=NC4=C(CNC/C4=C\c4ccccc4)C(c4ccccc4)N23)cc1. The highest BCUT2D eigenvalue weighted by atomic mass is 35.5. The van der Waals surface area contributed by atoms with Crippen LogP contribution in [0.1, 0.15) is 22.7 Å². The van der Waals surface area contributed by atoms with E-state index in [4.69, 9.17) is 16.6 Å². The first-order valence-corrected chi connectivity index (χ1v) is 12.3. The van der Waals surface area contributed by atoms with Crippen LogP contribution in [0.25, 0.3) is 11.8 Å². The molecule has 0 saturated carbocycles. The maximum Gasteiger partial charge on any atom is 0.174 e. The molecule has 3 aliphatic heterocycles. The van der Waals surface area contributed by atoms with Gasteiger partial charge >= 0.3 is 0 Å². The van der Waals surface area contributed by atoms with Crippen LogP contribution in [0.15, 0.2) is 112 Å². The summed E-state index contributed by atoms with van der Waals surface area (Å²) in [6.07, 6.45) is 2.26. The Morgan fingerprint density at radius 3 is 2.39 bits per heavy atom. The van der Waals surface area contributed by atoms with Gasteiger partial charge in [0.1, 0.15) is 0 Å². The van der Waals surface area contributed by atoms with Gasteiger partial charge in [-0.15, -0.1) is 0 Å². The summed E-state index contributed by atoms with van der Waals surface area (Å²) in [7, 11) is 0. The number of aliphatic imine (C=N–C) groups is 1. The lowest BCUT2D eigenvalue weighted by Gasteiger charge is -2.40. The minimum atomic E-state index is 0.0811. The van der Waals surface area contributed by atoms with Gasteiger partial charge in [-0.2, -0.15) is 0 Å². The summed E-state index contributed by atoms with van der Waals surface area (Å²) in [6, 6.07) is 29.4. The Morgan fingerprint density at radius 2 is 1.64 bits per heavy atom. The van der Waals surface area contributed by atoms with Crippen LogP contribution in [0.2, 0.25) is 5.02 Å². The second-order valence-electron chi connectivity index (χ2n) is 8.26. The molecule has 0 amide bonds. The molecular formula is C28H22ClN3S. The van der Waals surface area contributed by atoms with E-state index in [9.17, 15) is 0 Å². The van der Waals surface area contributed by atoms with Crippen LogP contribution >= 0.6 is 23.4 Å². The van der Waals surface area contributed by atoms with Gasteiger partial charge in [-0.1, -0.05) is 96.2 Å². The third-order valence-electron chi connectivity index (χ3n) is 6.17. The summed E-state index contributed by atoms with van der Waals surface area (Å²) >= 11 is 7.87. The quantitative estimate of drug-likeness (QED) is 0.462. The van der Waals surface area contributed by atoms with E-state index in [0.717, 1.165) is 40.2 Å². The number of nitrogens with one attached hydrogen (secondary N) is 1. The number of halogens is 1. The van der Waals surface area contributed by atoms with Crippen LogP contribution in [-0.2, 0) is 0 Å². The van der Waals surface area contributed by atoms with Crippen LogP contribution in [0.3, 0.4) is 0 Å². The molecule has 33 heavy (non-hydrogen) atoms. The molecule has 3 nitrogen and oxygen atoms in total. The summed E-state index contributed by atoms with van der Waals surface area (Å²) in [5, 5.41) is 7.61. The van der Waals surface area contributed by atoms with Gasteiger partial charge in [-0.25, -0.2) is 4.99 Å². The Bertz CT molecular complexity index is 1310. The molecule has 162 valence electrons. The minimum absolute atomic E-state index is 0.0811. The third kappa shape index (κ3) is 3.84. The molecule has 3 aromatic rings. The lowest BCUT2D eigenvalue weighted by molar-refractivity contribution is 0.462. The van der Waals surface area contributed by atoms with Crippen molar-refractivity contribution >= 4 is 40.3 Å². The first-order valence-electron chi connectivity index (χ1n) is 11.0. The molecule has 5 heteroatoms. The van der Waals surface area contributed by atoms with Crippen LogP contribution in [0.4, 0.5) is 0 Å². The summed E-state index contributed by atoms with van der Waals surface area (Å²) in [5.74, 6) is 0. The second-order valence-corrected chi connectivity index (χ2v) is 9.54. The zero-order chi connectivity index (χ0) is 22.2. The van der Waals surface area contributed by atoms with E-state index in [1.165, 1.54) is 22.3 Å². The van der Waals surface area contributed by atoms with Crippen LogP contribution in [-0.4, -0.2) is 23.2 Å². The summed E-state index contributed by atoms with van der Waals surface area (Å²) in [4.78, 5) is 7.60. The number of fused-ring (bicyclic) bond motifs is 1. The van der Waals surface area contributed by atoms with Crippen molar-refractivity contribution in [2.45, 2.75) is 6.04 Å². The lowest BCUT2D eigenvalue weighted by Crippen LogP contribution is -2.40. The fourth-order valence-corrected chi connectivity index (χ4v) is 5.72. The fourth-order valence-electron chi connectivity index (χ4n) is 4.66. The Labute approximate surface area is 203 Å². The maximum atomic E-state index is 6.17. The highest BCUT2D eigenvalue weighted by Gasteiger charge is 2.40. The average Bonchev–Trinajstić information content (AvgIpc) is 3.28. The van der Waals surface area contributed by atoms with E-state index < -0.39 is 0 Å². The summed E-state index contributed by atoms with van der Waals surface area (Å²) < 4.78 is 0. The Kier molecular flexibility index (Phi) is 5.43. The highest BCUT2D eigenvalue weighted by molar-refractivity contribution is 8.16. The van der Waals surface area contributed by atoms with Crippen LogP contribution in [0, 0.1) is 0 Å². The van der Waals surface area contributed by atoms with Crippen molar-refractivity contribution in [1.82, 2.24) is 10.2 Å². The number of hydrogen-bond acceptors (Lipinski definition) is 4. The van der Waals surface area contributed by atoms with Gasteiger partial charge in [-0.3, -0.25) is 0 Å². The Balaban J connectivity index is 1.49. The molecule has 0 spiro atoms. The zero-order valence-corrected chi connectivity index (χ0v) is 19.5. The van der Waals surface area contributed by atoms with Crippen LogP contribution < -0.4 is 5.32 Å². The lowest BCUT2D eigenvalue weighted by atomic mass is 9.88. The van der Waals surface area contributed by atoms with Crippen molar-refractivity contribution in [3.05, 3.63) is 129 Å². The monoisotopic (exact) mass is 467 g/mol. The van der Waals surface area contributed by atoms with E-state index in [-0.39, 0.29) is 6.04 Å². The van der Waals surface area contributed by atoms with E-state index >= 15 is 0 Å². The van der Waals surface area contributed by atoms with Gasteiger partial charge in [-0.05, 0) is 46.0 Å². The van der Waals surface area contributed by atoms with E-state index in [0.29, 0.717) is 0 Å². The normalized spacial score (nSPS) is 20.9. The number of benzene rings is 3. The first kappa shape index (κ1) is 20.5. The molecular weight excluding hydrogens is 446 g/mol. The molecule has 0 aliphatic carbocycles. The second kappa shape index (κ2) is 8.71. The number of rotatable bonds is 3. The van der Waals surface area contributed by atoms with Crippen molar-refractivity contribution < 1.29 is 0 Å². The van der Waals surface area contributed by atoms with Gasteiger partial charge in [0.05, 0.1) is 17.4 Å². The minimum Gasteiger partial charge on any atom is -0.309 e. The number of nitrogens with zero attached hydrogens (tertiary/aromatic N) is 2. The molecule has 3 heterocycles. The molecule has 3 aliphatic rings. The third-order valence-corrected chi connectivity index (χ3v) is 7.26. The molecule has 0 bridgehead atoms. The van der Waals surface area contributed by atoms with Crippen molar-refractivity contribution in [2.75, 3.05) is 13.1 Å². The van der Waals surface area contributed by atoms with Crippen molar-refractivity contribution in [2.24, 2.45) is 4.99 Å². The molecule has 0 fully saturated rings. The molecule has 3 aromatic carbocycles. The molecule has 0 aromatic heterocycles. The number of amidine groups is 1. The highest BCUT2D eigenvalue weighted by Crippen LogP contribution is 2.48. The van der Waals surface area contributed by atoms with Gasteiger partial charge in [0.15, 0.2) is 5.17 Å². The standard InChI is InChI=1S/C28H22ClN3S/c29-23-13-11-20(12-14-23)25-18-33-28-31-26-22(15-19-7-3-1-4-8-19)16-30-17-24(26)27(32(25)28)21-9-5-2-6-10-21/h1-15,18,27,30H,16-17H2/b22-15+. The van der Waals surface area contributed by atoms with E-state index in [2.05, 4.69) is 94.5 Å². The van der Waals surface area contributed by atoms with E-state index in [1.54, 1.807) is 11.8 Å². The molecule has 6 rings (SSSR count). The molecule has 1 atom stereocenters. The molecule has 0 radical (unpaired) electrons. The van der Waals surface area contributed by atoms with Crippen molar-refractivity contribution in [3.8, 4) is 0 Å². The molecule has 1 unspecified atom stereocenters. The topological polar surface area (TPSA) is 27.6 Å². The maximum absolute atomic E-state index is 6.17. The Hall–Kier alpha value is -3.05. The van der Waals surface area contributed by atoms with Gasteiger partial charge in [0.25, 0.3) is 0 Å². The van der Waals surface area contributed by atoms with E-state index in [1.807, 2.05) is 12.1 Å². The fraction of sp³-hybridized carbons (Fsp3) is 0.107. The average molecular weight is 468 g/mol. The largest absolute Gasteiger partial charge is 0.309 e. The predicted octanol–water partition coefficient (Wildman–Crippen LogP) is 6.74. The molecule has 1 N–H and O–H groups in total. The summed E-state index contributed by atoms with van der Waals surface area (Å²) in [6.45, 7) is 1.63. The van der Waals surface area contributed by atoms with Crippen molar-refractivity contribution in [1.29, 1.82) is 0 Å².